The largest absolute Gasteiger partial charge is 0.466 e. The number of rotatable bonds is 4. The minimum absolute atomic E-state index is 0.194. The zero-order valence-electron chi connectivity index (χ0n) is 16.3. The van der Waals surface area contributed by atoms with Gasteiger partial charge in [0.05, 0.1) is 34.6 Å². The molecule has 2 aromatic heterocycles. The van der Waals surface area contributed by atoms with Crippen molar-refractivity contribution in [3.63, 3.8) is 0 Å². The van der Waals surface area contributed by atoms with Gasteiger partial charge in [0.1, 0.15) is 0 Å². The fourth-order valence-corrected chi connectivity index (χ4v) is 4.54. The number of thiazole rings is 1. The van der Waals surface area contributed by atoms with Crippen LogP contribution in [0, 0.1) is 0 Å². The number of aromatic nitrogens is 3. The zero-order valence-corrected chi connectivity index (χ0v) is 17.1. The van der Waals surface area contributed by atoms with Gasteiger partial charge >= 0.3 is 5.97 Å². The molecule has 3 aromatic rings. The van der Waals surface area contributed by atoms with E-state index in [1.807, 2.05) is 54.1 Å². The lowest BCUT2D eigenvalue weighted by Crippen LogP contribution is -2.39. The number of methoxy groups -OCH3 is 1. The summed E-state index contributed by atoms with van der Waals surface area (Å²) in [5, 5.41) is 4.25. The van der Waals surface area contributed by atoms with Crippen LogP contribution in [0.15, 0.2) is 63.7 Å². The molecule has 8 heteroatoms. The average molecular weight is 408 g/mol. The van der Waals surface area contributed by atoms with Crippen LogP contribution in [0.1, 0.15) is 31.1 Å². The summed E-state index contributed by atoms with van der Waals surface area (Å²) < 4.78 is 8.94. The molecule has 1 atom stereocenters. The van der Waals surface area contributed by atoms with Crippen LogP contribution < -0.4 is 14.9 Å². The Labute approximate surface area is 170 Å². The number of carbonyl (C=O) groups is 1. The van der Waals surface area contributed by atoms with E-state index in [2.05, 4.69) is 10.1 Å². The van der Waals surface area contributed by atoms with Crippen LogP contribution in [-0.4, -0.2) is 27.4 Å². The number of hydrogen-bond donors (Lipinski definition) is 0. The highest BCUT2D eigenvalue weighted by molar-refractivity contribution is 7.07. The average Bonchev–Trinajstić information content (AvgIpc) is 3.31. The summed E-state index contributed by atoms with van der Waals surface area (Å²) >= 11 is 1.30. The topological polar surface area (TPSA) is 78.5 Å². The van der Waals surface area contributed by atoms with Gasteiger partial charge in [-0.3, -0.25) is 14.0 Å². The van der Waals surface area contributed by atoms with Crippen molar-refractivity contribution >= 4 is 23.4 Å². The second-order valence-corrected chi connectivity index (χ2v) is 7.57. The predicted molar refractivity (Wildman–Crippen MR) is 110 cm³/mol. The quantitative estimate of drug-likeness (QED) is 0.615. The molecule has 1 aliphatic heterocycles. The number of esters is 1. The molecule has 3 heterocycles. The maximum Gasteiger partial charge on any atom is 0.338 e. The van der Waals surface area contributed by atoms with Crippen molar-refractivity contribution in [1.82, 2.24) is 14.3 Å². The van der Waals surface area contributed by atoms with Gasteiger partial charge in [0.2, 0.25) is 0 Å². The second kappa shape index (κ2) is 7.63. The van der Waals surface area contributed by atoms with E-state index in [-0.39, 0.29) is 5.56 Å². The lowest BCUT2D eigenvalue weighted by atomic mass is 9.96. The van der Waals surface area contributed by atoms with Crippen molar-refractivity contribution in [2.75, 3.05) is 7.11 Å². The highest BCUT2D eigenvalue weighted by atomic mass is 32.1. The van der Waals surface area contributed by atoms with Gasteiger partial charge in [-0.05, 0) is 31.6 Å². The van der Waals surface area contributed by atoms with Gasteiger partial charge in [0, 0.05) is 12.7 Å². The number of ether oxygens (including phenoxy) is 1. The standard InChI is InChI=1S/C21H20N4O3S/c1-4-24-15(10-11-22-24)12-16-19(26)25-18(14-8-6-5-7-9-14)17(20(27)28-3)13(2)23-21(25)29-16/h5-12,18H,4H2,1-3H3. The number of carbonyl (C=O) groups excluding carboxylic acids is 1. The van der Waals surface area contributed by atoms with Crippen LogP contribution in [0.4, 0.5) is 0 Å². The molecule has 148 valence electrons. The van der Waals surface area contributed by atoms with Crippen molar-refractivity contribution in [3.05, 3.63) is 84.8 Å². The van der Waals surface area contributed by atoms with Crippen molar-refractivity contribution < 1.29 is 9.53 Å². The van der Waals surface area contributed by atoms with Crippen LogP contribution in [0.3, 0.4) is 0 Å². The third-order valence-corrected chi connectivity index (χ3v) is 5.85. The Morgan fingerprint density at radius 2 is 2.03 bits per heavy atom. The highest BCUT2D eigenvalue weighted by Gasteiger charge is 2.32. The number of nitrogens with zero attached hydrogens (tertiary/aromatic N) is 4. The first kappa shape index (κ1) is 19.1. The Hall–Kier alpha value is -3.26. The van der Waals surface area contributed by atoms with E-state index in [9.17, 15) is 9.59 Å². The third kappa shape index (κ3) is 3.25. The molecule has 0 aliphatic carbocycles. The normalized spacial score (nSPS) is 16.5. The number of hydrogen-bond acceptors (Lipinski definition) is 6. The van der Waals surface area contributed by atoms with E-state index in [1.165, 1.54) is 18.4 Å². The van der Waals surface area contributed by atoms with E-state index in [0.29, 0.717) is 27.1 Å². The summed E-state index contributed by atoms with van der Waals surface area (Å²) in [6, 6.07) is 10.7. The van der Waals surface area contributed by atoms with E-state index in [0.717, 1.165) is 11.3 Å². The summed E-state index contributed by atoms with van der Waals surface area (Å²) in [6.45, 7) is 4.47. The van der Waals surface area contributed by atoms with Gasteiger partial charge in [-0.2, -0.15) is 5.10 Å². The molecule has 0 radical (unpaired) electrons. The third-order valence-electron chi connectivity index (χ3n) is 4.87. The van der Waals surface area contributed by atoms with Crippen LogP contribution in [-0.2, 0) is 16.1 Å². The summed E-state index contributed by atoms with van der Waals surface area (Å²) in [5.74, 6) is -0.488. The Balaban J connectivity index is 1.98. The smallest absolute Gasteiger partial charge is 0.338 e. The maximum absolute atomic E-state index is 13.4. The SMILES string of the molecule is CCn1nccc1C=c1sc2n(c1=O)C(c1ccccc1)C(C(=O)OC)=C(C)N=2. The molecule has 0 spiro atoms. The Morgan fingerprint density at radius 3 is 2.72 bits per heavy atom. The molecule has 4 rings (SSSR count). The lowest BCUT2D eigenvalue weighted by Gasteiger charge is -2.24. The first-order valence-corrected chi connectivity index (χ1v) is 10.0. The van der Waals surface area contributed by atoms with Gasteiger partial charge in [-0.25, -0.2) is 9.79 Å². The Bertz CT molecular complexity index is 1280. The Morgan fingerprint density at radius 1 is 1.28 bits per heavy atom. The molecule has 0 amide bonds. The number of benzene rings is 1. The molecule has 0 fully saturated rings. The van der Waals surface area contributed by atoms with Gasteiger partial charge < -0.3 is 4.74 Å². The van der Waals surface area contributed by atoms with Gasteiger partial charge in [0.25, 0.3) is 5.56 Å². The van der Waals surface area contributed by atoms with Crippen LogP contribution >= 0.6 is 11.3 Å². The molecule has 1 aromatic carbocycles. The summed E-state index contributed by atoms with van der Waals surface area (Å²) in [6.07, 6.45) is 3.53. The summed E-state index contributed by atoms with van der Waals surface area (Å²) in [5.41, 5.74) is 2.40. The molecule has 0 saturated carbocycles. The zero-order chi connectivity index (χ0) is 20.5. The fourth-order valence-electron chi connectivity index (χ4n) is 3.51. The minimum Gasteiger partial charge on any atom is -0.466 e. The molecule has 1 aliphatic rings. The fraction of sp³-hybridized carbons (Fsp3) is 0.238. The van der Waals surface area contributed by atoms with E-state index in [1.54, 1.807) is 17.7 Å². The molecule has 0 N–H and O–H groups in total. The number of aryl methyl sites for hydroxylation is 1. The summed E-state index contributed by atoms with van der Waals surface area (Å²) in [4.78, 5) is 31.0. The van der Waals surface area contributed by atoms with Gasteiger partial charge in [0.15, 0.2) is 4.80 Å². The monoisotopic (exact) mass is 408 g/mol. The van der Waals surface area contributed by atoms with Crippen LogP contribution in [0.5, 0.6) is 0 Å². The highest BCUT2D eigenvalue weighted by Crippen LogP contribution is 2.30. The number of allylic oxidation sites excluding steroid dienone is 1. The minimum atomic E-state index is -0.585. The summed E-state index contributed by atoms with van der Waals surface area (Å²) in [7, 11) is 1.34. The van der Waals surface area contributed by atoms with Crippen LogP contribution in [0.25, 0.3) is 6.08 Å². The molecular weight excluding hydrogens is 388 g/mol. The van der Waals surface area contributed by atoms with Gasteiger partial charge in [-0.1, -0.05) is 41.7 Å². The second-order valence-electron chi connectivity index (χ2n) is 6.56. The van der Waals surface area contributed by atoms with Gasteiger partial charge in [-0.15, -0.1) is 0 Å². The van der Waals surface area contributed by atoms with E-state index < -0.39 is 12.0 Å². The van der Waals surface area contributed by atoms with E-state index >= 15 is 0 Å². The van der Waals surface area contributed by atoms with Crippen molar-refractivity contribution in [2.45, 2.75) is 26.4 Å². The molecule has 0 saturated heterocycles. The van der Waals surface area contributed by atoms with E-state index in [4.69, 9.17) is 4.74 Å². The van der Waals surface area contributed by atoms with Crippen molar-refractivity contribution in [1.29, 1.82) is 0 Å². The van der Waals surface area contributed by atoms with Crippen molar-refractivity contribution in [3.8, 4) is 0 Å². The molecule has 1 unspecified atom stereocenters. The Kier molecular flexibility index (Phi) is 5.02. The first-order valence-electron chi connectivity index (χ1n) is 9.22. The lowest BCUT2D eigenvalue weighted by molar-refractivity contribution is -0.136. The first-order chi connectivity index (χ1) is 14.0. The molecule has 0 bridgehead atoms. The molecule has 29 heavy (non-hydrogen) atoms. The molecular formula is C21H20N4O3S. The van der Waals surface area contributed by atoms with Crippen LogP contribution in [0.2, 0.25) is 0 Å². The van der Waals surface area contributed by atoms with Crippen molar-refractivity contribution in [2.24, 2.45) is 4.99 Å². The molecule has 7 nitrogen and oxygen atoms in total. The number of fused-ring (bicyclic) bond motifs is 1. The predicted octanol–water partition coefficient (Wildman–Crippen LogP) is 1.62. The maximum atomic E-state index is 13.4.